The van der Waals surface area contributed by atoms with E-state index in [1.54, 1.807) is 18.2 Å². The summed E-state index contributed by atoms with van der Waals surface area (Å²) in [5.74, 6) is -1.01. The van der Waals surface area contributed by atoms with Crippen molar-refractivity contribution in [2.45, 2.75) is 30.2 Å². The minimum absolute atomic E-state index is 0.0887. The largest absolute Gasteiger partial charge is 0.454 e. The lowest BCUT2D eigenvalue weighted by atomic mass is 9.88. The number of ether oxygens (including phenoxy) is 1. The third-order valence-corrected chi connectivity index (χ3v) is 6.50. The predicted octanol–water partition coefficient (Wildman–Crippen LogP) is 1.46. The summed E-state index contributed by atoms with van der Waals surface area (Å²) in [6.07, 6.45) is 2.81. The highest BCUT2D eigenvalue weighted by atomic mass is 32.2. The van der Waals surface area contributed by atoms with Crippen LogP contribution in [0, 0.1) is 0 Å². The van der Waals surface area contributed by atoms with Gasteiger partial charge in [0.15, 0.2) is 6.61 Å². The van der Waals surface area contributed by atoms with Crippen molar-refractivity contribution in [2.75, 3.05) is 13.2 Å². The van der Waals surface area contributed by atoms with Crippen molar-refractivity contribution in [3.8, 4) is 0 Å². The minimum Gasteiger partial charge on any atom is -0.454 e. The highest BCUT2D eigenvalue weighted by Crippen LogP contribution is 2.29. The van der Waals surface area contributed by atoms with Crippen LogP contribution in [-0.4, -0.2) is 39.3 Å². The average molecular weight is 427 g/mol. The van der Waals surface area contributed by atoms with Crippen LogP contribution in [0.4, 0.5) is 0 Å². The molecule has 0 fully saturated rings. The van der Waals surface area contributed by atoms with Gasteiger partial charge < -0.3 is 10.1 Å². The summed E-state index contributed by atoms with van der Waals surface area (Å²) in [6, 6.07) is 14.3. The number of hydrogen-bond donors (Lipinski definition) is 2. The highest BCUT2D eigenvalue weighted by Gasteiger charge is 2.30. The number of carbonyl (C=O) groups excluding carboxylic acids is 2. The lowest BCUT2D eigenvalue weighted by molar-refractivity contribution is -0.147. The van der Waals surface area contributed by atoms with Crippen LogP contribution < -0.4 is 10.0 Å². The SMILES string of the molecule is O=C(COC(=O)CN=C1NS(=O)(=O)c2ccccc21)N[C@H]1CCCc2ccccc21. The second-order valence-electron chi connectivity index (χ2n) is 7.14. The zero-order valence-corrected chi connectivity index (χ0v) is 16.9. The second kappa shape index (κ2) is 8.27. The maximum atomic E-state index is 12.2. The Morgan fingerprint density at radius 2 is 1.90 bits per heavy atom. The Morgan fingerprint density at radius 3 is 2.77 bits per heavy atom. The van der Waals surface area contributed by atoms with Crippen molar-refractivity contribution >= 4 is 27.7 Å². The van der Waals surface area contributed by atoms with Gasteiger partial charge in [0.25, 0.3) is 15.9 Å². The minimum atomic E-state index is -3.67. The number of rotatable bonds is 5. The molecule has 30 heavy (non-hydrogen) atoms. The fourth-order valence-electron chi connectivity index (χ4n) is 3.73. The Hall–Kier alpha value is -3.20. The predicted molar refractivity (Wildman–Crippen MR) is 109 cm³/mol. The van der Waals surface area contributed by atoms with E-state index >= 15 is 0 Å². The van der Waals surface area contributed by atoms with E-state index in [1.807, 2.05) is 18.2 Å². The van der Waals surface area contributed by atoms with E-state index in [-0.39, 0.29) is 22.7 Å². The molecule has 2 aliphatic rings. The number of esters is 1. The van der Waals surface area contributed by atoms with Gasteiger partial charge in [0.1, 0.15) is 12.4 Å². The molecular formula is C21H21N3O5S. The van der Waals surface area contributed by atoms with Gasteiger partial charge >= 0.3 is 5.97 Å². The number of aliphatic imine (C=N–C) groups is 1. The van der Waals surface area contributed by atoms with Gasteiger partial charge in [-0.15, -0.1) is 0 Å². The fraction of sp³-hybridized carbons (Fsp3) is 0.286. The summed E-state index contributed by atoms with van der Waals surface area (Å²) in [5, 5.41) is 2.91. The van der Waals surface area contributed by atoms with E-state index < -0.39 is 29.1 Å². The van der Waals surface area contributed by atoms with E-state index in [0.29, 0.717) is 5.56 Å². The number of fused-ring (bicyclic) bond motifs is 2. The summed E-state index contributed by atoms with van der Waals surface area (Å²) < 4.78 is 31.4. The summed E-state index contributed by atoms with van der Waals surface area (Å²) in [6.45, 7) is -0.809. The van der Waals surface area contributed by atoms with Crippen molar-refractivity contribution in [3.63, 3.8) is 0 Å². The van der Waals surface area contributed by atoms with Gasteiger partial charge in [0.2, 0.25) is 0 Å². The third-order valence-electron chi connectivity index (χ3n) is 5.10. The zero-order valence-electron chi connectivity index (χ0n) is 16.1. The normalized spacial score (nSPS) is 20.0. The van der Waals surface area contributed by atoms with Gasteiger partial charge in [-0.1, -0.05) is 36.4 Å². The molecule has 2 aromatic carbocycles. The first-order valence-corrected chi connectivity index (χ1v) is 11.1. The molecule has 4 rings (SSSR count). The van der Waals surface area contributed by atoms with Crippen LogP contribution in [0.1, 0.15) is 35.6 Å². The molecule has 9 heteroatoms. The van der Waals surface area contributed by atoms with Gasteiger partial charge in [0, 0.05) is 5.56 Å². The molecule has 0 saturated heterocycles. The van der Waals surface area contributed by atoms with Crippen LogP contribution in [0.3, 0.4) is 0 Å². The molecule has 8 nitrogen and oxygen atoms in total. The lowest BCUT2D eigenvalue weighted by Crippen LogP contribution is -2.34. The fourth-order valence-corrected chi connectivity index (χ4v) is 4.98. The zero-order chi connectivity index (χ0) is 21.1. The van der Waals surface area contributed by atoms with Crippen LogP contribution in [0.5, 0.6) is 0 Å². The molecule has 0 spiro atoms. The maximum Gasteiger partial charge on any atom is 0.328 e. The first kappa shape index (κ1) is 20.1. The number of hydrogen-bond acceptors (Lipinski definition) is 6. The molecule has 0 saturated carbocycles. The molecule has 0 bridgehead atoms. The monoisotopic (exact) mass is 427 g/mol. The summed E-state index contributed by atoms with van der Waals surface area (Å²) in [7, 11) is -3.67. The van der Waals surface area contributed by atoms with Crippen LogP contribution in [0.15, 0.2) is 58.4 Å². The summed E-state index contributed by atoms with van der Waals surface area (Å²) in [4.78, 5) is 28.3. The smallest absolute Gasteiger partial charge is 0.328 e. The van der Waals surface area contributed by atoms with E-state index in [2.05, 4.69) is 21.1 Å². The summed E-state index contributed by atoms with van der Waals surface area (Å²) >= 11 is 0. The highest BCUT2D eigenvalue weighted by molar-refractivity contribution is 7.90. The average Bonchev–Trinajstić information content (AvgIpc) is 3.01. The van der Waals surface area contributed by atoms with Gasteiger partial charge in [-0.05, 0) is 42.5 Å². The van der Waals surface area contributed by atoms with Crippen molar-refractivity contribution in [1.82, 2.24) is 10.0 Å². The van der Waals surface area contributed by atoms with E-state index in [9.17, 15) is 18.0 Å². The molecule has 1 aliphatic heterocycles. The van der Waals surface area contributed by atoms with Gasteiger partial charge in [0.05, 0.1) is 10.9 Å². The molecule has 0 aromatic heterocycles. The number of amides is 1. The number of aryl methyl sites for hydroxylation is 1. The molecule has 0 radical (unpaired) electrons. The van der Waals surface area contributed by atoms with E-state index in [4.69, 9.17) is 4.74 Å². The Bertz CT molecular complexity index is 1130. The number of nitrogens with one attached hydrogen (secondary N) is 2. The maximum absolute atomic E-state index is 12.2. The second-order valence-corrected chi connectivity index (χ2v) is 8.79. The molecule has 0 unspecified atom stereocenters. The molecule has 1 atom stereocenters. The van der Waals surface area contributed by atoms with E-state index in [0.717, 1.165) is 24.8 Å². The Kier molecular flexibility index (Phi) is 5.54. The molecule has 1 heterocycles. The molecular weight excluding hydrogens is 406 g/mol. The topological polar surface area (TPSA) is 114 Å². The van der Waals surface area contributed by atoms with Crippen LogP contribution in [0.2, 0.25) is 0 Å². The van der Waals surface area contributed by atoms with Gasteiger partial charge in [-0.25, -0.2) is 8.42 Å². The molecule has 156 valence electrons. The van der Waals surface area contributed by atoms with E-state index in [1.165, 1.54) is 11.6 Å². The van der Waals surface area contributed by atoms with Crippen LogP contribution >= 0.6 is 0 Å². The van der Waals surface area contributed by atoms with Crippen molar-refractivity contribution in [1.29, 1.82) is 0 Å². The Labute approximate surface area is 174 Å². The molecule has 1 amide bonds. The van der Waals surface area contributed by atoms with Gasteiger partial charge in [-0.2, -0.15) is 0 Å². The standard InChI is InChI=1S/C21H21N3O5S/c25-19(23-17-10-5-7-14-6-1-2-8-15(14)17)13-29-20(26)12-22-21-16-9-3-4-11-18(16)30(27,28)24-21/h1-4,6,8-9,11,17H,5,7,10,12-13H2,(H,22,24)(H,23,25)/t17-/m0/s1. The van der Waals surface area contributed by atoms with Crippen LogP contribution in [-0.2, 0) is 30.8 Å². The number of carbonyl (C=O) groups is 2. The summed E-state index contributed by atoms with van der Waals surface area (Å²) in [5.41, 5.74) is 2.72. The number of amidine groups is 1. The number of nitrogens with zero attached hydrogens (tertiary/aromatic N) is 1. The Balaban J connectivity index is 1.31. The third kappa shape index (κ3) is 4.20. The number of sulfonamides is 1. The molecule has 1 aliphatic carbocycles. The van der Waals surface area contributed by atoms with Crippen molar-refractivity contribution < 1.29 is 22.7 Å². The quantitative estimate of drug-likeness (QED) is 0.702. The number of benzene rings is 2. The molecule has 2 aromatic rings. The van der Waals surface area contributed by atoms with Crippen molar-refractivity contribution in [2.24, 2.45) is 4.99 Å². The Morgan fingerprint density at radius 1 is 1.13 bits per heavy atom. The lowest BCUT2D eigenvalue weighted by Gasteiger charge is -2.26. The van der Waals surface area contributed by atoms with Crippen LogP contribution in [0.25, 0.3) is 0 Å². The molecule has 2 N–H and O–H groups in total. The first-order valence-electron chi connectivity index (χ1n) is 9.63. The first-order chi connectivity index (χ1) is 14.4. The van der Waals surface area contributed by atoms with Crippen molar-refractivity contribution in [3.05, 3.63) is 65.2 Å². The van der Waals surface area contributed by atoms with Gasteiger partial charge in [-0.3, -0.25) is 19.3 Å².